The van der Waals surface area contributed by atoms with Gasteiger partial charge in [0.15, 0.2) is 0 Å². The standard InChI is InChI=1S/C42H70N6O11S/c1-30(32-7-9-33(10-8-32)37-31(2)45-29-60-37)46-39(51)35-23-34(49)24-48(35)40(52)38(41(3,4)5)47-36(50)25-59-28-42(6,26-57-21-19-55-17-15-53-13-11-43)27-58-22-20-56-18-16-54-14-12-44/h7-10,29-30,34-35,38,49H,11-28,43-44H2,1-6H3,(H,46,51)(H,47,50)/t30-,34+,35-,38+/m0/s1. The van der Waals surface area contributed by atoms with Gasteiger partial charge in [0.1, 0.15) is 18.7 Å². The molecule has 0 bridgehead atoms. The van der Waals surface area contributed by atoms with Crippen LogP contribution in [0.25, 0.3) is 10.4 Å². The van der Waals surface area contributed by atoms with Crippen molar-refractivity contribution in [2.45, 2.75) is 72.2 Å². The molecule has 18 heteroatoms. The fourth-order valence-electron chi connectivity index (χ4n) is 6.42. The topological polar surface area (TPSA) is 228 Å². The Morgan fingerprint density at radius 1 is 0.817 bits per heavy atom. The van der Waals surface area contributed by atoms with Crippen LogP contribution in [0.4, 0.5) is 0 Å². The van der Waals surface area contributed by atoms with Crippen LogP contribution < -0.4 is 22.1 Å². The van der Waals surface area contributed by atoms with Crippen LogP contribution in [0, 0.1) is 17.8 Å². The summed E-state index contributed by atoms with van der Waals surface area (Å²) in [6, 6.07) is 5.63. The van der Waals surface area contributed by atoms with Crippen molar-refractivity contribution < 1.29 is 52.6 Å². The van der Waals surface area contributed by atoms with Gasteiger partial charge in [-0.2, -0.15) is 0 Å². The number of amides is 3. The van der Waals surface area contributed by atoms with Gasteiger partial charge in [0.2, 0.25) is 17.7 Å². The smallest absolute Gasteiger partial charge is 0.246 e. The number of rotatable bonds is 30. The average molecular weight is 867 g/mol. The highest BCUT2D eigenvalue weighted by molar-refractivity contribution is 7.13. The summed E-state index contributed by atoms with van der Waals surface area (Å²) in [5.41, 5.74) is 14.2. The molecule has 2 heterocycles. The number of thiazole rings is 1. The molecule has 340 valence electrons. The number of benzene rings is 1. The molecule has 17 nitrogen and oxygen atoms in total. The van der Waals surface area contributed by atoms with Crippen LogP contribution in [0.5, 0.6) is 0 Å². The minimum Gasteiger partial charge on any atom is -0.391 e. The fourth-order valence-corrected chi connectivity index (χ4v) is 7.23. The minimum atomic E-state index is -1.01. The van der Waals surface area contributed by atoms with Gasteiger partial charge in [-0.3, -0.25) is 14.4 Å². The van der Waals surface area contributed by atoms with Crippen molar-refractivity contribution >= 4 is 29.1 Å². The van der Waals surface area contributed by atoms with Gasteiger partial charge in [-0.05, 0) is 30.4 Å². The summed E-state index contributed by atoms with van der Waals surface area (Å²) in [6.07, 6.45) is -0.817. The Morgan fingerprint density at radius 3 is 1.83 bits per heavy atom. The monoisotopic (exact) mass is 866 g/mol. The van der Waals surface area contributed by atoms with Crippen molar-refractivity contribution in [1.29, 1.82) is 0 Å². The van der Waals surface area contributed by atoms with E-state index in [2.05, 4.69) is 15.6 Å². The lowest BCUT2D eigenvalue weighted by molar-refractivity contribution is -0.145. The van der Waals surface area contributed by atoms with E-state index in [9.17, 15) is 19.5 Å². The van der Waals surface area contributed by atoms with Crippen LogP contribution in [0.1, 0.15) is 58.3 Å². The zero-order valence-electron chi connectivity index (χ0n) is 36.4. The molecule has 1 aromatic carbocycles. The van der Waals surface area contributed by atoms with Gasteiger partial charge in [-0.15, -0.1) is 11.3 Å². The highest BCUT2D eigenvalue weighted by atomic mass is 32.1. The number of aryl methyl sites for hydroxylation is 1. The Labute approximate surface area is 359 Å². The van der Waals surface area contributed by atoms with Gasteiger partial charge in [-0.25, -0.2) is 4.98 Å². The molecule has 60 heavy (non-hydrogen) atoms. The average Bonchev–Trinajstić information content (AvgIpc) is 3.83. The number of aromatic nitrogens is 1. The minimum absolute atomic E-state index is 0.0360. The number of carbonyl (C=O) groups is 3. The molecule has 4 atom stereocenters. The van der Waals surface area contributed by atoms with E-state index < -0.39 is 40.8 Å². The normalized spacial score (nSPS) is 16.9. The Bertz CT molecular complexity index is 1520. The molecule has 0 aliphatic carbocycles. The van der Waals surface area contributed by atoms with Crippen molar-refractivity contribution in [1.82, 2.24) is 20.5 Å². The summed E-state index contributed by atoms with van der Waals surface area (Å²) in [5.74, 6) is -1.35. The second-order valence-corrected chi connectivity index (χ2v) is 17.2. The lowest BCUT2D eigenvalue weighted by atomic mass is 9.85. The molecule has 1 aliphatic heterocycles. The number of β-amino-alcohol motifs (C(OH)–C–C–N with tert-alkyl or cyclic N) is 1. The number of hydrogen-bond acceptors (Lipinski definition) is 15. The summed E-state index contributed by atoms with van der Waals surface area (Å²) >= 11 is 1.57. The first kappa shape index (κ1) is 51.2. The number of carbonyl (C=O) groups excluding carboxylic acids is 3. The maximum Gasteiger partial charge on any atom is 0.246 e. The molecule has 3 rings (SSSR count). The molecule has 1 saturated heterocycles. The van der Waals surface area contributed by atoms with E-state index >= 15 is 0 Å². The summed E-state index contributed by atoms with van der Waals surface area (Å²) < 4.78 is 39.5. The Kier molecular flexibility index (Phi) is 23.1. The van der Waals surface area contributed by atoms with Crippen LogP contribution >= 0.6 is 11.3 Å². The first-order valence-electron chi connectivity index (χ1n) is 20.7. The predicted molar refractivity (Wildman–Crippen MR) is 228 cm³/mol. The van der Waals surface area contributed by atoms with Gasteiger partial charge in [-0.1, -0.05) is 52.0 Å². The van der Waals surface area contributed by atoms with E-state index in [4.69, 9.17) is 44.6 Å². The molecule has 0 radical (unpaired) electrons. The van der Waals surface area contributed by atoms with Gasteiger partial charge >= 0.3 is 0 Å². The number of nitrogens with zero attached hydrogens (tertiary/aromatic N) is 2. The second-order valence-electron chi connectivity index (χ2n) is 16.3. The van der Waals surface area contributed by atoms with Crippen LogP contribution in [-0.4, -0.2) is 163 Å². The lowest BCUT2D eigenvalue weighted by Crippen LogP contribution is -2.58. The van der Waals surface area contributed by atoms with Crippen LogP contribution in [0.15, 0.2) is 29.8 Å². The maximum absolute atomic E-state index is 14.2. The van der Waals surface area contributed by atoms with E-state index in [1.165, 1.54) is 4.90 Å². The maximum atomic E-state index is 14.2. The Balaban J connectivity index is 1.55. The number of nitrogens with two attached hydrogens (primary N) is 2. The van der Waals surface area contributed by atoms with E-state index in [-0.39, 0.29) is 51.3 Å². The van der Waals surface area contributed by atoms with Crippen molar-refractivity contribution in [3.63, 3.8) is 0 Å². The lowest BCUT2D eigenvalue weighted by Gasteiger charge is -2.35. The Morgan fingerprint density at radius 2 is 1.33 bits per heavy atom. The number of ether oxygens (including phenoxy) is 7. The number of likely N-dealkylation sites (tertiary alicyclic amines) is 1. The quantitative estimate of drug-likeness (QED) is 0.0707. The molecule has 1 aromatic heterocycles. The third-order valence-corrected chi connectivity index (χ3v) is 10.6. The van der Waals surface area contributed by atoms with Crippen molar-refractivity contribution in [2.24, 2.45) is 22.3 Å². The molecule has 0 spiro atoms. The number of aliphatic hydroxyl groups is 1. The molecule has 7 N–H and O–H groups in total. The summed E-state index contributed by atoms with van der Waals surface area (Å²) in [5, 5.41) is 16.5. The van der Waals surface area contributed by atoms with Gasteiger partial charge < -0.3 is 65.3 Å². The molecular formula is C42H70N6O11S. The Hall–Kier alpha value is -3.14. The van der Waals surface area contributed by atoms with Crippen LogP contribution in [0.3, 0.4) is 0 Å². The van der Waals surface area contributed by atoms with E-state index in [1.807, 2.05) is 71.3 Å². The summed E-state index contributed by atoms with van der Waals surface area (Å²) in [6.45, 7) is 16.5. The molecule has 1 fully saturated rings. The van der Waals surface area contributed by atoms with Crippen molar-refractivity contribution in [3.05, 3.63) is 41.0 Å². The fraction of sp³-hybridized carbons (Fsp3) is 0.714. The molecular weight excluding hydrogens is 797 g/mol. The molecule has 0 unspecified atom stereocenters. The van der Waals surface area contributed by atoms with Crippen LogP contribution in [-0.2, 0) is 47.5 Å². The first-order valence-corrected chi connectivity index (χ1v) is 21.6. The molecule has 3 amide bonds. The third-order valence-electron chi connectivity index (χ3n) is 9.66. The zero-order valence-corrected chi connectivity index (χ0v) is 37.2. The largest absolute Gasteiger partial charge is 0.391 e. The SMILES string of the molecule is Cc1ncsc1-c1ccc([C@H](C)NC(=O)[C@@H]2C[C@@H](O)CN2C(=O)[C@@H](NC(=O)COCC(C)(COCCOCCOCCN)COCCOCCOCCN)C(C)(C)C)cc1. The highest BCUT2D eigenvalue weighted by Crippen LogP contribution is 2.30. The molecule has 2 aromatic rings. The number of aliphatic hydroxyl groups excluding tert-OH is 1. The van der Waals surface area contributed by atoms with Crippen molar-refractivity contribution in [3.8, 4) is 10.4 Å². The second kappa shape index (κ2) is 27.0. The van der Waals surface area contributed by atoms with E-state index in [1.54, 1.807) is 11.3 Å². The number of hydrogen-bond donors (Lipinski definition) is 5. The van der Waals surface area contributed by atoms with Crippen LogP contribution in [0.2, 0.25) is 0 Å². The van der Waals surface area contributed by atoms with Gasteiger partial charge in [0.25, 0.3) is 0 Å². The zero-order chi connectivity index (χ0) is 44.0. The van der Waals surface area contributed by atoms with Gasteiger partial charge in [0, 0.05) is 31.5 Å². The summed E-state index contributed by atoms with van der Waals surface area (Å²) in [4.78, 5) is 48.0. The molecule has 0 saturated carbocycles. The van der Waals surface area contributed by atoms with Crippen molar-refractivity contribution in [2.75, 3.05) is 112 Å². The number of nitrogens with one attached hydrogen (secondary N) is 2. The third kappa shape index (κ3) is 18.1. The van der Waals surface area contributed by atoms with E-state index in [0.717, 1.165) is 21.7 Å². The predicted octanol–water partition coefficient (Wildman–Crippen LogP) is 1.83. The summed E-state index contributed by atoms with van der Waals surface area (Å²) in [7, 11) is 0. The molecule has 1 aliphatic rings. The van der Waals surface area contributed by atoms with E-state index in [0.29, 0.717) is 79.2 Å². The van der Waals surface area contributed by atoms with Gasteiger partial charge in [0.05, 0.1) is 114 Å². The first-order chi connectivity index (χ1) is 28.7. The highest BCUT2D eigenvalue weighted by Gasteiger charge is 2.44.